The van der Waals surface area contributed by atoms with Crippen molar-refractivity contribution in [1.29, 1.82) is 0 Å². The zero-order valence-corrected chi connectivity index (χ0v) is 10.9. The Morgan fingerprint density at radius 2 is 1.94 bits per heavy atom. The number of rotatable bonds is 6. The number of aryl methyl sites for hydroxylation is 1. The zero-order chi connectivity index (χ0) is 12.9. The Balaban J connectivity index is 2.79. The lowest BCUT2D eigenvalue weighted by atomic mass is 9.83. The highest BCUT2D eigenvalue weighted by Crippen LogP contribution is 2.27. The molecule has 0 aliphatic rings. The van der Waals surface area contributed by atoms with Gasteiger partial charge in [-0.3, -0.25) is 0 Å². The van der Waals surface area contributed by atoms with Crippen molar-refractivity contribution in [2.24, 2.45) is 5.41 Å². The monoisotopic (exact) mass is 239 g/mol. The first kappa shape index (κ1) is 14.0. The van der Waals surface area contributed by atoms with Crippen molar-refractivity contribution in [2.45, 2.75) is 33.6 Å². The maximum atomic E-state index is 13.6. The molecule has 0 saturated heterocycles. The van der Waals surface area contributed by atoms with Gasteiger partial charge in [0, 0.05) is 12.0 Å². The molecule has 96 valence electrons. The van der Waals surface area contributed by atoms with Crippen LogP contribution < -0.4 is 5.32 Å². The van der Waals surface area contributed by atoms with Crippen LogP contribution in [0.3, 0.4) is 0 Å². The number of benzene rings is 1. The minimum atomic E-state index is -0.232. The summed E-state index contributed by atoms with van der Waals surface area (Å²) < 4.78 is 13.6. The van der Waals surface area contributed by atoms with Gasteiger partial charge in [0.1, 0.15) is 5.82 Å². The Bertz CT molecular complexity index is 333. The number of anilines is 1. The number of halogens is 1. The van der Waals surface area contributed by atoms with E-state index in [1.165, 1.54) is 6.07 Å². The summed E-state index contributed by atoms with van der Waals surface area (Å²) in [7, 11) is 0. The number of hydrogen-bond donors (Lipinski definition) is 2. The standard InChI is InChI=1S/C14H22FNO/c1-4-14(5-2,10-17)9-16-13-11(3)7-6-8-12(13)15/h6-8,16-17H,4-5,9-10H2,1-3H3. The van der Waals surface area contributed by atoms with Crippen LogP contribution in [0.1, 0.15) is 32.3 Å². The summed E-state index contributed by atoms with van der Waals surface area (Å²) in [6.07, 6.45) is 1.75. The van der Waals surface area contributed by atoms with Crippen LogP contribution in [-0.4, -0.2) is 18.3 Å². The van der Waals surface area contributed by atoms with Crippen molar-refractivity contribution in [2.75, 3.05) is 18.5 Å². The number of aliphatic hydroxyl groups is 1. The van der Waals surface area contributed by atoms with E-state index in [4.69, 9.17) is 0 Å². The van der Waals surface area contributed by atoms with Crippen LogP contribution in [-0.2, 0) is 0 Å². The van der Waals surface area contributed by atoms with Gasteiger partial charge in [0.2, 0.25) is 0 Å². The summed E-state index contributed by atoms with van der Waals surface area (Å²) in [5, 5.41) is 12.6. The third-order valence-electron chi connectivity index (χ3n) is 3.70. The number of hydrogen-bond acceptors (Lipinski definition) is 2. The predicted molar refractivity (Wildman–Crippen MR) is 69.7 cm³/mol. The summed E-state index contributed by atoms with van der Waals surface area (Å²) >= 11 is 0. The Kier molecular flexibility index (Phi) is 4.94. The molecule has 0 aliphatic heterocycles. The second-order valence-corrected chi connectivity index (χ2v) is 4.65. The van der Waals surface area contributed by atoms with E-state index in [1.54, 1.807) is 6.07 Å². The largest absolute Gasteiger partial charge is 0.396 e. The van der Waals surface area contributed by atoms with E-state index in [9.17, 15) is 9.50 Å². The van der Waals surface area contributed by atoms with E-state index < -0.39 is 0 Å². The minimum Gasteiger partial charge on any atom is -0.396 e. The summed E-state index contributed by atoms with van der Waals surface area (Å²) in [4.78, 5) is 0. The summed E-state index contributed by atoms with van der Waals surface area (Å²) in [6.45, 7) is 6.70. The van der Waals surface area contributed by atoms with Gasteiger partial charge in [-0.2, -0.15) is 0 Å². The minimum absolute atomic E-state index is 0.125. The van der Waals surface area contributed by atoms with Gasteiger partial charge >= 0.3 is 0 Å². The van der Waals surface area contributed by atoms with Crippen molar-refractivity contribution >= 4 is 5.69 Å². The molecule has 2 N–H and O–H groups in total. The number of para-hydroxylation sites is 1. The molecule has 0 bridgehead atoms. The van der Waals surface area contributed by atoms with Gasteiger partial charge in [-0.1, -0.05) is 26.0 Å². The molecule has 0 fully saturated rings. The number of nitrogens with one attached hydrogen (secondary N) is 1. The average molecular weight is 239 g/mol. The summed E-state index contributed by atoms with van der Waals surface area (Å²) in [6, 6.07) is 5.03. The van der Waals surface area contributed by atoms with E-state index in [0.29, 0.717) is 12.2 Å². The zero-order valence-electron chi connectivity index (χ0n) is 10.9. The van der Waals surface area contributed by atoms with Crippen LogP contribution in [0.4, 0.5) is 10.1 Å². The third kappa shape index (κ3) is 3.19. The van der Waals surface area contributed by atoms with Gasteiger partial charge in [-0.25, -0.2) is 4.39 Å². The van der Waals surface area contributed by atoms with Crippen molar-refractivity contribution < 1.29 is 9.50 Å². The first-order valence-electron chi connectivity index (χ1n) is 6.18. The van der Waals surface area contributed by atoms with E-state index in [-0.39, 0.29) is 17.8 Å². The fourth-order valence-corrected chi connectivity index (χ4v) is 1.91. The van der Waals surface area contributed by atoms with Gasteiger partial charge in [-0.05, 0) is 31.4 Å². The molecule has 3 heteroatoms. The van der Waals surface area contributed by atoms with E-state index in [1.807, 2.05) is 13.0 Å². The van der Waals surface area contributed by atoms with E-state index in [0.717, 1.165) is 18.4 Å². The van der Waals surface area contributed by atoms with Crippen LogP contribution in [0.5, 0.6) is 0 Å². The summed E-state index contributed by atoms with van der Waals surface area (Å²) in [5.41, 5.74) is 1.28. The Morgan fingerprint density at radius 1 is 1.29 bits per heavy atom. The summed E-state index contributed by atoms with van der Waals surface area (Å²) in [5.74, 6) is -0.232. The third-order valence-corrected chi connectivity index (χ3v) is 3.70. The lowest BCUT2D eigenvalue weighted by Gasteiger charge is -2.30. The molecule has 1 aromatic rings. The molecule has 17 heavy (non-hydrogen) atoms. The van der Waals surface area contributed by atoms with Gasteiger partial charge < -0.3 is 10.4 Å². The van der Waals surface area contributed by atoms with Crippen LogP contribution in [0.15, 0.2) is 18.2 Å². The smallest absolute Gasteiger partial charge is 0.146 e. The second-order valence-electron chi connectivity index (χ2n) is 4.65. The van der Waals surface area contributed by atoms with Crippen LogP contribution in [0, 0.1) is 18.2 Å². The molecule has 2 nitrogen and oxygen atoms in total. The van der Waals surface area contributed by atoms with Crippen LogP contribution >= 0.6 is 0 Å². The average Bonchev–Trinajstić information content (AvgIpc) is 2.34. The maximum Gasteiger partial charge on any atom is 0.146 e. The fourth-order valence-electron chi connectivity index (χ4n) is 1.91. The van der Waals surface area contributed by atoms with Crippen molar-refractivity contribution in [1.82, 2.24) is 0 Å². The molecule has 0 spiro atoms. The predicted octanol–water partition coefficient (Wildman–Crippen LogP) is 3.34. The molecule has 0 heterocycles. The first-order chi connectivity index (χ1) is 8.08. The molecule has 0 amide bonds. The molecule has 1 aromatic carbocycles. The molecule has 0 unspecified atom stereocenters. The van der Waals surface area contributed by atoms with Crippen molar-refractivity contribution in [3.8, 4) is 0 Å². The fraction of sp³-hybridized carbons (Fsp3) is 0.571. The Labute approximate surface area is 103 Å². The highest BCUT2D eigenvalue weighted by Gasteiger charge is 2.25. The van der Waals surface area contributed by atoms with Crippen LogP contribution in [0.25, 0.3) is 0 Å². The molecule has 0 radical (unpaired) electrons. The quantitative estimate of drug-likeness (QED) is 0.798. The van der Waals surface area contributed by atoms with E-state index >= 15 is 0 Å². The molecule has 0 aromatic heterocycles. The molecular weight excluding hydrogens is 217 g/mol. The molecule has 0 saturated carbocycles. The van der Waals surface area contributed by atoms with Gasteiger partial charge in [0.05, 0.1) is 12.3 Å². The SMILES string of the molecule is CCC(CC)(CO)CNc1c(C)cccc1F. The maximum absolute atomic E-state index is 13.6. The molecule has 0 aliphatic carbocycles. The lowest BCUT2D eigenvalue weighted by molar-refractivity contribution is 0.127. The van der Waals surface area contributed by atoms with Gasteiger partial charge in [0.25, 0.3) is 0 Å². The van der Waals surface area contributed by atoms with Crippen molar-refractivity contribution in [3.63, 3.8) is 0 Å². The highest BCUT2D eigenvalue weighted by molar-refractivity contribution is 5.51. The molecular formula is C14H22FNO. The number of aliphatic hydroxyl groups excluding tert-OH is 1. The topological polar surface area (TPSA) is 32.3 Å². The second kappa shape index (κ2) is 6.01. The van der Waals surface area contributed by atoms with E-state index in [2.05, 4.69) is 19.2 Å². The lowest BCUT2D eigenvalue weighted by Crippen LogP contribution is -2.32. The normalized spacial score (nSPS) is 11.6. The van der Waals surface area contributed by atoms with Gasteiger partial charge in [-0.15, -0.1) is 0 Å². The van der Waals surface area contributed by atoms with Crippen molar-refractivity contribution in [3.05, 3.63) is 29.6 Å². The molecule has 1 rings (SSSR count). The van der Waals surface area contributed by atoms with Crippen LogP contribution in [0.2, 0.25) is 0 Å². The first-order valence-corrected chi connectivity index (χ1v) is 6.18. The molecule has 0 atom stereocenters. The Morgan fingerprint density at radius 3 is 2.41 bits per heavy atom. The van der Waals surface area contributed by atoms with Gasteiger partial charge in [0.15, 0.2) is 0 Å². The highest BCUT2D eigenvalue weighted by atomic mass is 19.1. The Hall–Kier alpha value is -1.09.